The Morgan fingerprint density at radius 3 is 1.49 bits per heavy atom. The van der Waals surface area contributed by atoms with Gasteiger partial charge < -0.3 is 4.57 Å². The third kappa shape index (κ3) is 6.43. The molecule has 8 aromatic carbocycles. The van der Waals surface area contributed by atoms with E-state index in [2.05, 4.69) is 208 Å². The van der Waals surface area contributed by atoms with Gasteiger partial charge in [-0.25, -0.2) is 19.9 Å². The van der Waals surface area contributed by atoms with Gasteiger partial charge in [-0.15, -0.1) is 0 Å². The number of hydrogen-bond donors (Lipinski definition) is 0. The highest BCUT2D eigenvalue weighted by Gasteiger charge is 2.20. The van der Waals surface area contributed by atoms with Crippen molar-refractivity contribution in [2.45, 2.75) is 27.7 Å². The second-order valence-corrected chi connectivity index (χ2v) is 16.3. The van der Waals surface area contributed by atoms with E-state index in [9.17, 15) is 0 Å². The first-order valence-corrected chi connectivity index (χ1v) is 20.8. The van der Waals surface area contributed by atoms with Gasteiger partial charge in [0.25, 0.3) is 0 Å². The van der Waals surface area contributed by atoms with Gasteiger partial charge in [0, 0.05) is 54.9 Å². The molecule has 0 amide bonds. The molecule has 0 saturated heterocycles. The quantitative estimate of drug-likeness (QED) is 0.158. The van der Waals surface area contributed by atoms with Crippen LogP contribution >= 0.6 is 0 Å². The van der Waals surface area contributed by atoms with Gasteiger partial charge in [-0.05, 0) is 93.4 Å². The smallest absolute Gasteiger partial charge is 0.164 e. The highest BCUT2D eigenvalue weighted by molar-refractivity contribution is 6.29. The summed E-state index contributed by atoms with van der Waals surface area (Å²) in [5.74, 6) is 1.97. The topological polar surface area (TPSA) is 56.5 Å². The molecule has 0 atom stereocenters. The van der Waals surface area contributed by atoms with Crippen LogP contribution in [0.4, 0.5) is 0 Å². The summed E-state index contributed by atoms with van der Waals surface area (Å²) in [6.07, 6.45) is 0. The number of benzene rings is 8. The molecule has 0 fully saturated rings. The zero-order valence-corrected chi connectivity index (χ0v) is 34.5. The lowest BCUT2D eigenvalue weighted by atomic mass is 9.94. The lowest BCUT2D eigenvalue weighted by Crippen LogP contribution is -2.01. The van der Waals surface area contributed by atoms with Gasteiger partial charge in [-0.2, -0.15) is 0 Å². The summed E-state index contributed by atoms with van der Waals surface area (Å²) in [4.78, 5) is 20.6. The Morgan fingerprint density at radius 1 is 0.328 bits per heavy atom. The fourth-order valence-electron chi connectivity index (χ4n) is 9.19. The summed E-state index contributed by atoms with van der Waals surface area (Å²) in [5, 5.41) is 5.93. The number of hydrogen-bond acceptors (Lipinski definition) is 4. The summed E-state index contributed by atoms with van der Waals surface area (Å²) >= 11 is 0. The molecular weight excluding hydrogens is 743 g/mol. The number of fused-ring (bicyclic) bond motifs is 7. The molecule has 0 bridgehead atoms. The van der Waals surface area contributed by atoms with E-state index in [1.54, 1.807) is 0 Å². The largest absolute Gasteiger partial charge is 0.309 e. The van der Waals surface area contributed by atoms with E-state index in [0.29, 0.717) is 17.5 Å². The molecule has 0 unspecified atom stereocenters. The fraction of sp³-hybridized carbons (Fsp3) is 0.0714. The fourth-order valence-corrected chi connectivity index (χ4v) is 9.19. The van der Waals surface area contributed by atoms with Crippen molar-refractivity contribution >= 4 is 43.5 Å². The van der Waals surface area contributed by atoms with Crippen LogP contribution in [-0.4, -0.2) is 24.5 Å². The molecule has 0 saturated carbocycles. The monoisotopic (exact) mass is 783 g/mol. The highest BCUT2D eigenvalue weighted by Crippen LogP contribution is 2.43. The average Bonchev–Trinajstić information content (AvgIpc) is 3.63. The molecule has 0 spiro atoms. The molecule has 3 aromatic heterocycles. The molecule has 5 nitrogen and oxygen atoms in total. The molecule has 0 N–H and O–H groups in total. The van der Waals surface area contributed by atoms with E-state index in [1.165, 1.54) is 49.4 Å². The predicted molar refractivity (Wildman–Crippen MR) is 253 cm³/mol. The Hall–Kier alpha value is -7.76. The minimum atomic E-state index is 0.641. The minimum absolute atomic E-state index is 0.641. The minimum Gasteiger partial charge on any atom is -0.309 e. The number of para-hydroxylation sites is 2. The van der Waals surface area contributed by atoms with E-state index in [0.717, 1.165) is 61.1 Å². The third-order valence-corrected chi connectivity index (χ3v) is 11.7. The van der Waals surface area contributed by atoms with Crippen molar-refractivity contribution in [1.82, 2.24) is 24.5 Å². The second kappa shape index (κ2) is 14.5. The van der Waals surface area contributed by atoms with Gasteiger partial charge in [0.15, 0.2) is 17.5 Å². The lowest BCUT2D eigenvalue weighted by molar-refractivity contribution is 1.07. The lowest BCUT2D eigenvalue weighted by Gasteiger charge is -2.14. The maximum atomic E-state index is 5.44. The van der Waals surface area contributed by atoms with E-state index in [4.69, 9.17) is 19.9 Å². The Morgan fingerprint density at radius 2 is 0.852 bits per heavy atom. The van der Waals surface area contributed by atoms with Crippen molar-refractivity contribution in [2.75, 3.05) is 0 Å². The first kappa shape index (κ1) is 36.3. The van der Waals surface area contributed by atoms with Crippen LogP contribution in [0.1, 0.15) is 22.3 Å². The van der Waals surface area contributed by atoms with Crippen LogP contribution in [0.15, 0.2) is 176 Å². The van der Waals surface area contributed by atoms with Crippen molar-refractivity contribution in [3.05, 3.63) is 198 Å². The van der Waals surface area contributed by atoms with E-state index >= 15 is 0 Å². The van der Waals surface area contributed by atoms with Gasteiger partial charge in [0.2, 0.25) is 0 Å². The van der Waals surface area contributed by atoms with Crippen LogP contribution in [0.25, 0.3) is 106 Å². The maximum Gasteiger partial charge on any atom is 0.164 e. The summed E-state index contributed by atoms with van der Waals surface area (Å²) < 4.78 is 2.39. The van der Waals surface area contributed by atoms with Gasteiger partial charge in [0.05, 0.1) is 22.2 Å². The standard InChI is InChI=1S/C56H41N5/c1-34-27-35(2)30-42(29-34)55-58-54(59-56(60-55)43-31-36(3)28-37(4)32-43)40-21-19-38(20-22-40)41-23-24-45-48(33-41)57-53(39-13-7-5-8-14-39)47-25-26-50-52(51(45)47)46-17-11-12-18-49(46)61(50)44-15-9-6-10-16-44/h5-33H,1-4H3. The Kier molecular flexibility index (Phi) is 8.64. The number of aromatic nitrogens is 5. The van der Waals surface area contributed by atoms with Crippen LogP contribution in [0, 0.1) is 27.7 Å². The molecule has 290 valence electrons. The van der Waals surface area contributed by atoms with Gasteiger partial charge in [-0.1, -0.05) is 144 Å². The van der Waals surface area contributed by atoms with Crippen molar-refractivity contribution in [1.29, 1.82) is 0 Å². The van der Waals surface area contributed by atoms with Crippen LogP contribution < -0.4 is 0 Å². The van der Waals surface area contributed by atoms with Gasteiger partial charge in [-0.3, -0.25) is 0 Å². The zero-order chi connectivity index (χ0) is 41.2. The number of pyridine rings is 1. The number of nitrogens with zero attached hydrogens (tertiary/aromatic N) is 5. The average molecular weight is 784 g/mol. The van der Waals surface area contributed by atoms with Crippen molar-refractivity contribution in [2.24, 2.45) is 0 Å². The van der Waals surface area contributed by atoms with Crippen LogP contribution in [0.5, 0.6) is 0 Å². The molecule has 0 aliphatic carbocycles. The Bertz CT molecular complexity index is 3390. The van der Waals surface area contributed by atoms with Gasteiger partial charge >= 0.3 is 0 Å². The predicted octanol–water partition coefficient (Wildman–Crippen LogP) is 14.2. The van der Waals surface area contributed by atoms with E-state index < -0.39 is 0 Å². The Balaban J connectivity index is 1.07. The zero-order valence-electron chi connectivity index (χ0n) is 34.5. The summed E-state index contributed by atoms with van der Waals surface area (Å²) in [6.45, 7) is 8.45. The SMILES string of the molecule is Cc1cc(C)cc(-c2nc(-c3ccc(-c4ccc5c(c4)nc(-c4ccccc4)c4ccc6c(c7ccccc7n6-c6ccccc6)c45)cc3)nc(-c3cc(C)cc(C)c3)n2)c1. The Labute approximate surface area is 354 Å². The third-order valence-electron chi connectivity index (χ3n) is 11.7. The summed E-state index contributed by atoms with van der Waals surface area (Å²) in [6, 6.07) is 62.7. The maximum absolute atomic E-state index is 5.44. The van der Waals surface area contributed by atoms with E-state index in [-0.39, 0.29) is 0 Å². The van der Waals surface area contributed by atoms with Gasteiger partial charge in [0.1, 0.15) is 0 Å². The molecule has 0 radical (unpaired) electrons. The second-order valence-electron chi connectivity index (χ2n) is 16.3. The first-order valence-electron chi connectivity index (χ1n) is 20.8. The van der Waals surface area contributed by atoms with Crippen molar-refractivity contribution in [3.8, 4) is 62.2 Å². The van der Waals surface area contributed by atoms with Crippen LogP contribution in [-0.2, 0) is 0 Å². The van der Waals surface area contributed by atoms with Crippen molar-refractivity contribution < 1.29 is 0 Å². The molecule has 0 aliphatic rings. The molecule has 0 aliphatic heterocycles. The molecule has 11 rings (SSSR count). The molecule has 3 heterocycles. The molecule has 61 heavy (non-hydrogen) atoms. The number of rotatable bonds is 6. The number of aryl methyl sites for hydroxylation is 4. The van der Waals surface area contributed by atoms with Crippen molar-refractivity contribution in [3.63, 3.8) is 0 Å². The van der Waals surface area contributed by atoms with E-state index in [1.807, 2.05) is 0 Å². The van der Waals surface area contributed by atoms with Crippen LogP contribution in [0.2, 0.25) is 0 Å². The molecule has 5 heteroatoms. The molecular formula is C56H41N5. The molecule has 11 aromatic rings. The van der Waals surface area contributed by atoms with Crippen LogP contribution in [0.3, 0.4) is 0 Å². The highest BCUT2D eigenvalue weighted by atomic mass is 15.0. The summed E-state index contributed by atoms with van der Waals surface area (Å²) in [5.41, 5.74) is 16.3. The first-order chi connectivity index (χ1) is 29.8. The summed E-state index contributed by atoms with van der Waals surface area (Å²) in [7, 11) is 0. The normalized spacial score (nSPS) is 11.6.